The molecule has 2 aromatic rings. The van der Waals surface area contributed by atoms with E-state index in [9.17, 15) is 13.6 Å². The van der Waals surface area contributed by atoms with E-state index in [1.165, 1.54) is 17.3 Å². The molecule has 0 N–H and O–H groups in total. The van der Waals surface area contributed by atoms with Gasteiger partial charge in [-0.1, -0.05) is 6.07 Å². The van der Waals surface area contributed by atoms with Gasteiger partial charge < -0.3 is 4.90 Å². The number of pyridine rings is 1. The first-order valence-corrected chi connectivity index (χ1v) is 7.85. The number of hydrogen-bond donors (Lipinski definition) is 0. The van der Waals surface area contributed by atoms with E-state index in [1.54, 1.807) is 25.4 Å². The Morgan fingerprint density at radius 1 is 1.17 bits per heavy atom. The largest absolute Gasteiger partial charge is 0.339 e. The van der Waals surface area contributed by atoms with Crippen molar-refractivity contribution in [3.63, 3.8) is 0 Å². The fourth-order valence-electron chi connectivity index (χ4n) is 2.85. The molecule has 2 heterocycles. The molecule has 1 aliphatic carbocycles. The van der Waals surface area contributed by atoms with Crippen LogP contribution >= 0.6 is 0 Å². The Bertz CT molecular complexity index is 696. The van der Waals surface area contributed by atoms with Crippen molar-refractivity contribution in [1.29, 1.82) is 0 Å². The summed E-state index contributed by atoms with van der Waals surface area (Å²) in [6.07, 6.45) is 4.81. The van der Waals surface area contributed by atoms with Crippen LogP contribution in [0.4, 0.5) is 8.78 Å². The highest BCUT2D eigenvalue weighted by Gasteiger charge is 2.37. The predicted octanol–water partition coefficient (Wildman–Crippen LogP) is 3.19. The molecule has 0 radical (unpaired) electrons. The molecule has 24 heavy (non-hydrogen) atoms. The van der Waals surface area contributed by atoms with Gasteiger partial charge in [-0.15, -0.1) is 0 Å². The van der Waals surface area contributed by atoms with Crippen LogP contribution in [0.1, 0.15) is 36.0 Å². The molecule has 0 aromatic carbocycles. The summed E-state index contributed by atoms with van der Waals surface area (Å²) in [6, 6.07) is 5.24. The SMILES string of the molecule is CN(C(=O)c1cnc(-c2ccccn2)nc1)C1CCC(F)(F)CC1. The fourth-order valence-corrected chi connectivity index (χ4v) is 2.85. The summed E-state index contributed by atoms with van der Waals surface area (Å²) < 4.78 is 26.5. The summed E-state index contributed by atoms with van der Waals surface area (Å²) in [5.74, 6) is -2.42. The minimum atomic E-state index is -2.60. The van der Waals surface area contributed by atoms with E-state index >= 15 is 0 Å². The number of rotatable bonds is 3. The van der Waals surface area contributed by atoms with Crippen LogP contribution in [0, 0.1) is 0 Å². The number of alkyl halides is 2. The molecule has 3 rings (SSSR count). The zero-order chi connectivity index (χ0) is 17.2. The van der Waals surface area contributed by atoms with E-state index < -0.39 is 5.92 Å². The van der Waals surface area contributed by atoms with E-state index in [4.69, 9.17) is 0 Å². The Kier molecular flexibility index (Phi) is 4.51. The number of carbonyl (C=O) groups excluding carboxylic acids is 1. The lowest BCUT2D eigenvalue weighted by atomic mass is 9.91. The Balaban J connectivity index is 1.69. The van der Waals surface area contributed by atoms with Crippen LogP contribution in [0.5, 0.6) is 0 Å². The van der Waals surface area contributed by atoms with Crippen molar-refractivity contribution in [3.8, 4) is 11.5 Å². The number of carbonyl (C=O) groups is 1. The summed E-state index contributed by atoms with van der Waals surface area (Å²) in [5, 5.41) is 0. The zero-order valence-corrected chi connectivity index (χ0v) is 13.3. The van der Waals surface area contributed by atoms with E-state index in [0.29, 0.717) is 29.9 Å². The van der Waals surface area contributed by atoms with Gasteiger partial charge in [0.1, 0.15) is 5.69 Å². The number of amides is 1. The molecule has 1 saturated carbocycles. The van der Waals surface area contributed by atoms with Crippen LogP contribution in [0.25, 0.3) is 11.5 Å². The Labute approximate surface area is 138 Å². The van der Waals surface area contributed by atoms with Crippen molar-refractivity contribution >= 4 is 5.91 Å². The quantitative estimate of drug-likeness (QED) is 0.866. The average Bonchev–Trinajstić information content (AvgIpc) is 2.61. The fraction of sp³-hybridized carbons (Fsp3) is 0.412. The topological polar surface area (TPSA) is 59.0 Å². The lowest BCUT2D eigenvalue weighted by Gasteiger charge is -2.34. The second kappa shape index (κ2) is 6.59. The molecule has 1 aliphatic rings. The summed E-state index contributed by atoms with van der Waals surface area (Å²) in [4.78, 5) is 26.5. The highest BCUT2D eigenvalue weighted by atomic mass is 19.3. The number of halogens is 2. The minimum absolute atomic E-state index is 0.174. The van der Waals surface area contributed by atoms with E-state index in [-0.39, 0.29) is 24.8 Å². The number of aromatic nitrogens is 3. The van der Waals surface area contributed by atoms with Gasteiger partial charge in [0.15, 0.2) is 5.82 Å². The third-order valence-electron chi connectivity index (χ3n) is 4.35. The molecule has 0 aliphatic heterocycles. The average molecular weight is 332 g/mol. The first kappa shape index (κ1) is 16.4. The van der Waals surface area contributed by atoms with Crippen LogP contribution in [0.2, 0.25) is 0 Å². The van der Waals surface area contributed by atoms with Gasteiger partial charge in [-0.2, -0.15) is 0 Å². The van der Waals surface area contributed by atoms with E-state index in [0.717, 1.165) is 0 Å². The van der Waals surface area contributed by atoms with Crippen molar-refractivity contribution in [1.82, 2.24) is 19.9 Å². The molecule has 5 nitrogen and oxygen atoms in total. The van der Waals surface area contributed by atoms with E-state index in [1.807, 2.05) is 6.07 Å². The zero-order valence-electron chi connectivity index (χ0n) is 13.3. The Morgan fingerprint density at radius 2 is 1.83 bits per heavy atom. The van der Waals surface area contributed by atoms with Gasteiger partial charge in [-0.3, -0.25) is 9.78 Å². The van der Waals surface area contributed by atoms with Gasteiger partial charge in [-0.05, 0) is 25.0 Å². The monoisotopic (exact) mass is 332 g/mol. The smallest absolute Gasteiger partial charge is 0.256 e. The molecular formula is C17H18F2N4O. The first-order valence-electron chi connectivity index (χ1n) is 7.85. The summed E-state index contributed by atoms with van der Waals surface area (Å²) in [7, 11) is 1.64. The highest BCUT2D eigenvalue weighted by Crippen LogP contribution is 2.35. The van der Waals surface area contributed by atoms with Crippen LogP contribution in [0.15, 0.2) is 36.8 Å². The number of hydrogen-bond acceptors (Lipinski definition) is 4. The lowest BCUT2D eigenvalue weighted by Crippen LogP contribution is -2.41. The normalized spacial score (nSPS) is 17.5. The molecule has 0 unspecified atom stereocenters. The maximum Gasteiger partial charge on any atom is 0.256 e. The van der Waals surface area contributed by atoms with Crippen LogP contribution in [0.3, 0.4) is 0 Å². The maximum atomic E-state index is 13.2. The van der Waals surface area contributed by atoms with Gasteiger partial charge in [-0.25, -0.2) is 18.7 Å². The second-order valence-corrected chi connectivity index (χ2v) is 6.01. The standard InChI is InChI=1S/C17H18F2N4O/c1-23(13-5-7-17(18,19)8-6-13)16(24)12-10-21-15(22-11-12)14-4-2-3-9-20-14/h2-4,9-11,13H,5-8H2,1H3. The first-order chi connectivity index (χ1) is 11.5. The molecule has 0 saturated heterocycles. The molecule has 0 spiro atoms. The van der Waals surface area contributed by atoms with Crippen molar-refractivity contribution in [2.24, 2.45) is 0 Å². The third kappa shape index (κ3) is 3.55. The summed E-state index contributed by atoms with van der Waals surface area (Å²) in [5.41, 5.74) is 0.967. The van der Waals surface area contributed by atoms with Crippen molar-refractivity contribution in [3.05, 3.63) is 42.4 Å². The van der Waals surface area contributed by atoms with Gasteiger partial charge in [0, 0.05) is 44.5 Å². The molecule has 0 atom stereocenters. The predicted molar refractivity (Wildman–Crippen MR) is 84.6 cm³/mol. The van der Waals surface area contributed by atoms with Gasteiger partial charge >= 0.3 is 0 Å². The van der Waals surface area contributed by atoms with Crippen molar-refractivity contribution in [2.75, 3.05) is 7.05 Å². The van der Waals surface area contributed by atoms with Crippen LogP contribution in [-0.2, 0) is 0 Å². The highest BCUT2D eigenvalue weighted by molar-refractivity contribution is 5.93. The van der Waals surface area contributed by atoms with E-state index in [2.05, 4.69) is 15.0 Å². The molecular weight excluding hydrogens is 314 g/mol. The second-order valence-electron chi connectivity index (χ2n) is 6.01. The van der Waals surface area contributed by atoms with Gasteiger partial charge in [0.2, 0.25) is 5.92 Å². The third-order valence-corrected chi connectivity index (χ3v) is 4.35. The summed E-state index contributed by atoms with van der Waals surface area (Å²) in [6.45, 7) is 0. The Morgan fingerprint density at radius 3 is 2.42 bits per heavy atom. The summed E-state index contributed by atoms with van der Waals surface area (Å²) >= 11 is 0. The molecule has 1 fully saturated rings. The van der Waals surface area contributed by atoms with Crippen molar-refractivity contribution < 1.29 is 13.6 Å². The Hall–Kier alpha value is -2.44. The van der Waals surface area contributed by atoms with Crippen LogP contribution < -0.4 is 0 Å². The molecule has 1 amide bonds. The molecule has 0 bridgehead atoms. The van der Waals surface area contributed by atoms with Crippen LogP contribution in [-0.4, -0.2) is 44.8 Å². The van der Waals surface area contributed by atoms with Crippen molar-refractivity contribution in [2.45, 2.75) is 37.6 Å². The van der Waals surface area contributed by atoms with Gasteiger partial charge in [0.25, 0.3) is 5.91 Å². The molecule has 126 valence electrons. The lowest BCUT2D eigenvalue weighted by molar-refractivity contribution is -0.0490. The molecule has 7 heteroatoms. The molecule has 2 aromatic heterocycles. The van der Waals surface area contributed by atoms with Gasteiger partial charge in [0.05, 0.1) is 5.56 Å². The number of nitrogens with zero attached hydrogens (tertiary/aromatic N) is 4. The minimum Gasteiger partial charge on any atom is -0.339 e. The maximum absolute atomic E-state index is 13.2.